The molecule has 6 heteroatoms. The normalized spacial score (nSPS) is 24.7. The zero-order valence-corrected chi connectivity index (χ0v) is 12.4. The molecule has 0 spiro atoms. The monoisotopic (exact) mass is 277 g/mol. The van der Waals surface area contributed by atoms with E-state index < -0.39 is 18.3 Å². The molecule has 20 heavy (non-hydrogen) atoms. The standard InChI is InChI=1S/C14H20BNO4/c1-13(2)14(3,4)20-15(19-13)11-6-16-5-10(12(11)17)9-7-18-8-9/h5-6,9H,7-8H2,1-4H3,(H,16,17). The lowest BCUT2D eigenvalue weighted by Gasteiger charge is -2.32. The molecule has 2 saturated heterocycles. The van der Waals surface area contributed by atoms with Crippen LogP contribution >= 0.6 is 0 Å². The summed E-state index contributed by atoms with van der Waals surface area (Å²) in [5.74, 6) is 0.182. The van der Waals surface area contributed by atoms with Gasteiger partial charge in [0.1, 0.15) is 0 Å². The van der Waals surface area contributed by atoms with E-state index in [1.165, 1.54) is 0 Å². The van der Waals surface area contributed by atoms with Gasteiger partial charge in [0, 0.05) is 29.3 Å². The minimum Gasteiger partial charge on any atom is -0.399 e. The molecule has 0 amide bonds. The zero-order valence-electron chi connectivity index (χ0n) is 12.4. The molecule has 2 aliphatic rings. The maximum absolute atomic E-state index is 12.6. The van der Waals surface area contributed by atoms with Gasteiger partial charge in [0.25, 0.3) is 0 Å². The van der Waals surface area contributed by atoms with Gasteiger partial charge in [-0.25, -0.2) is 0 Å². The fraction of sp³-hybridized carbons (Fsp3) is 0.643. The molecule has 0 aliphatic carbocycles. The number of aromatic nitrogens is 1. The smallest absolute Gasteiger partial charge is 0.399 e. The summed E-state index contributed by atoms with van der Waals surface area (Å²) < 4.78 is 17.0. The second-order valence-corrected chi connectivity index (χ2v) is 6.52. The van der Waals surface area contributed by atoms with Gasteiger partial charge in [-0.3, -0.25) is 4.79 Å². The number of H-pyrrole nitrogens is 1. The Morgan fingerprint density at radius 2 is 1.75 bits per heavy atom. The van der Waals surface area contributed by atoms with Crippen LogP contribution in [0.2, 0.25) is 0 Å². The van der Waals surface area contributed by atoms with E-state index in [-0.39, 0.29) is 11.3 Å². The number of rotatable bonds is 2. The average molecular weight is 277 g/mol. The van der Waals surface area contributed by atoms with Crippen LogP contribution in [0.4, 0.5) is 0 Å². The van der Waals surface area contributed by atoms with Crippen LogP contribution in [-0.2, 0) is 14.0 Å². The average Bonchev–Trinajstić information content (AvgIpc) is 2.48. The second-order valence-electron chi connectivity index (χ2n) is 6.52. The molecule has 5 nitrogen and oxygen atoms in total. The maximum atomic E-state index is 12.6. The van der Waals surface area contributed by atoms with E-state index in [2.05, 4.69) is 4.98 Å². The van der Waals surface area contributed by atoms with Gasteiger partial charge in [-0.05, 0) is 27.7 Å². The Morgan fingerprint density at radius 3 is 2.25 bits per heavy atom. The second kappa shape index (κ2) is 4.45. The summed E-state index contributed by atoms with van der Waals surface area (Å²) in [6.45, 7) is 9.12. The van der Waals surface area contributed by atoms with Crippen molar-refractivity contribution >= 4 is 12.6 Å². The van der Waals surface area contributed by atoms with Crippen molar-refractivity contribution in [3.63, 3.8) is 0 Å². The summed E-state index contributed by atoms with van der Waals surface area (Å²) in [5.41, 5.74) is 0.395. The van der Waals surface area contributed by atoms with Crippen LogP contribution in [-0.4, -0.2) is 36.5 Å². The lowest BCUT2D eigenvalue weighted by Crippen LogP contribution is -2.46. The summed E-state index contributed by atoms with van der Waals surface area (Å²) in [7, 11) is -0.621. The Morgan fingerprint density at radius 1 is 1.15 bits per heavy atom. The highest BCUT2D eigenvalue weighted by atomic mass is 16.7. The number of hydrogen-bond donors (Lipinski definition) is 1. The van der Waals surface area contributed by atoms with Crippen molar-refractivity contribution in [3.05, 3.63) is 28.2 Å². The molecule has 3 heterocycles. The van der Waals surface area contributed by atoms with Crippen molar-refractivity contribution in [3.8, 4) is 0 Å². The Bertz CT molecular complexity index is 561. The first kappa shape index (κ1) is 13.9. The van der Waals surface area contributed by atoms with Crippen molar-refractivity contribution in [2.45, 2.75) is 44.8 Å². The molecule has 0 aromatic carbocycles. The van der Waals surface area contributed by atoms with E-state index in [0.717, 1.165) is 5.56 Å². The van der Waals surface area contributed by atoms with Gasteiger partial charge in [-0.2, -0.15) is 0 Å². The number of ether oxygens (including phenoxy) is 1. The first-order valence-electron chi connectivity index (χ1n) is 6.96. The summed E-state index contributed by atoms with van der Waals surface area (Å²) in [4.78, 5) is 15.6. The van der Waals surface area contributed by atoms with Gasteiger partial charge in [0.05, 0.1) is 24.4 Å². The zero-order chi connectivity index (χ0) is 14.5. The SMILES string of the molecule is CC1(C)OB(c2c[nH]cc(C3COC3)c2=O)OC1(C)C. The molecule has 108 valence electrons. The molecule has 0 atom stereocenters. The Kier molecular flexibility index (Phi) is 3.08. The van der Waals surface area contributed by atoms with Crippen LogP contribution in [0.5, 0.6) is 0 Å². The lowest BCUT2D eigenvalue weighted by atomic mass is 9.78. The van der Waals surface area contributed by atoms with Crippen molar-refractivity contribution in [2.75, 3.05) is 13.2 Å². The summed E-state index contributed by atoms with van der Waals surface area (Å²) in [5, 5.41) is 0. The third-order valence-corrected chi connectivity index (χ3v) is 4.59. The van der Waals surface area contributed by atoms with Crippen molar-refractivity contribution in [1.29, 1.82) is 0 Å². The fourth-order valence-electron chi connectivity index (χ4n) is 2.38. The van der Waals surface area contributed by atoms with Crippen molar-refractivity contribution < 1.29 is 14.0 Å². The van der Waals surface area contributed by atoms with E-state index in [1.807, 2.05) is 27.7 Å². The van der Waals surface area contributed by atoms with Crippen LogP contribution in [0.25, 0.3) is 0 Å². The van der Waals surface area contributed by atoms with Gasteiger partial charge >= 0.3 is 7.12 Å². The highest BCUT2D eigenvalue weighted by Gasteiger charge is 2.52. The third-order valence-electron chi connectivity index (χ3n) is 4.59. The van der Waals surface area contributed by atoms with Gasteiger partial charge < -0.3 is 19.0 Å². The first-order chi connectivity index (χ1) is 9.32. The van der Waals surface area contributed by atoms with E-state index in [9.17, 15) is 4.79 Å². The molecule has 1 N–H and O–H groups in total. The summed E-state index contributed by atoms with van der Waals surface area (Å²) in [6.07, 6.45) is 3.43. The minimum absolute atomic E-state index is 0.00412. The number of nitrogens with one attached hydrogen (secondary N) is 1. The minimum atomic E-state index is -0.621. The van der Waals surface area contributed by atoms with Crippen LogP contribution in [0, 0.1) is 0 Å². The number of pyridine rings is 1. The fourth-order valence-corrected chi connectivity index (χ4v) is 2.38. The highest BCUT2D eigenvalue weighted by Crippen LogP contribution is 2.36. The summed E-state index contributed by atoms with van der Waals surface area (Å²) >= 11 is 0. The highest BCUT2D eigenvalue weighted by molar-refractivity contribution is 6.61. The largest absolute Gasteiger partial charge is 0.500 e. The number of aromatic amines is 1. The molecule has 0 unspecified atom stereocenters. The topological polar surface area (TPSA) is 60.5 Å². The van der Waals surface area contributed by atoms with Gasteiger partial charge in [-0.1, -0.05) is 0 Å². The molecule has 3 rings (SSSR count). The van der Waals surface area contributed by atoms with Crippen molar-refractivity contribution in [1.82, 2.24) is 4.98 Å². The van der Waals surface area contributed by atoms with Crippen LogP contribution in [0.1, 0.15) is 39.2 Å². The molecular weight excluding hydrogens is 257 g/mol. The van der Waals surface area contributed by atoms with Gasteiger partial charge in [0.15, 0.2) is 5.43 Å². The first-order valence-corrected chi connectivity index (χ1v) is 6.96. The molecule has 1 aromatic rings. The van der Waals surface area contributed by atoms with Crippen LogP contribution in [0.3, 0.4) is 0 Å². The van der Waals surface area contributed by atoms with E-state index in [1.54, 1.807) is 12.4 Å². The summed E-state index contributed by atoms with van der Waals surface area (Å²) in [6, 6.07) is 0. The van der Waals surface area contributed by atoms with E-state index in [0.29, 0.717) is 18.7 Å². The lowest BCUT2D eigenvalue weighted by molar-refractivity contribution is 0.00578. The molecule has 2 aliphatic heterocycles. The van der Waals surface area contributed by atoms with E-state index >= 15 is 0 Å². The van der Waals surface area contributed by atoms with E-state index in [4.69, 9.17) is 14.0 Å². The Balaban J connectivity index is 1.94. The van der Waals surface area contributed by atoms with Gasteiger partial charge in [-0.15, -0.1) is 0 Å². The maximum Gasteiger partial charge on any atom is 0.500 e. The predicted molar refractivity (Wildman–Crippen MR) is 76.3 cm³/mol. The molecule has 0 radical (unpaired) electrons. The molecule has 0 saturated carbocycles. The molecule has 2 fully saturated rings. The quantitative estimate of drug-likeness (QED) is 0.812. The number of hydrogen-bond acceptors (Lipinski definition) is 4. The molecular formula is C14H20BNO4. The van der Waals surface area contributed by atoms with Crippen LogP contribution in [0.15, 0.2) is 17.2 Å². The van der Waals surface area contributed by atoms with Gasteiger partial charge in [0.2, 0.25) is 0 Å². The Labute approximate surface area is 118 Å². The third kappa shape index (κ3) is 2.03. The van der Waals surface area contributed by atoms with Crippen molar-refractivity contribution in [2.24, 2.45) is 0 Å². The Hall–Kier alpha value is -1.11. The predicted octanol–water partition coefficient (Wildman–Crippen LogP) is 0.788. The molecule has 0 bridgehead atoms. The molecule has 1 aromatic heterocycles. The van der Waals surface area contributed by atoms with Crippen LogP contribution < -0.4 is 10.9 Å².